The number of pyridine rings is 1. The normalized spacial score (nSPS) is 16.0. The highest BCUT2D eigenvalue weighted by atomic mass is 32.2. The van der Waals surface area contributed by atoms with E-state index in [-0.39, 0.29) is 22.9 Å². The lowest BCUT2D eigenvalue weighted by Gasteiger charge is -2.37. The van der Waals surface area contributed by atoms with Gasteiger partial charge in [0.25, 0.3) is 0 Å². The number of sulfonamides is 1. The van der Waals surface area contributed by atoms with E-state index in [1.807, 2.05) is 37.2 Å². The van der Waals surface area contributed by atoms with Crippen molar-refractivity contribution in [2.45, 2.75) is 31.1 Å². The number of anilines is 2. The molecular weight excluding hydrogens is 502 g/mol. The van der Waals surface area contributed by atoms with Crippen molar-refractivity contribution in [2.75, 3.05) is 50.2 Å². The molecule has 1 fully saturated rings. The molecule has 1 aliphatic carbocycles. The van der Waals surface area contributed by atoms with Crippen LogP contribution in [-0.4, -0.2) is 64.8 Å². The largest absolute Gasteiger partial charge is 0.490 e. The number of carbonyl (C=O) groups excluding carboxylic acids is 1. The van der Waals surface area contributed by atoms with Crippen molar-refractivity contribution in [1.82, 2.24) is 9.88 Å². The predicted octanol–water partition coefficient (Wildman–Crippen LogP) is 3.87. The quantitative estimate of drug-likeness (QED) is 0.437. The van der Waals surface area contributed by atoms with E-state index in [1.165, 1.54) is 0 Å². The minimum absolute atomic E-state index is 0.112. The number of aromatic nitrogens is 1. The molecule has 1 amide bonds. The van der Waals surface area contributed by atoms with E-state index in [0.29, 0.717) is 12.2 Å². The third-order valence-electron chi connectivity index (χ3n) is 7.44. The van der Waals surface area contributed by atoms with Gasteiger partial charge in [-0.2, -0.15) is 5.26 Å². The van der Waals surface area contributed by atoms with Gasteiger partial charge in [0, 0.05) is 24.5 Å². The van der Waals surface area contributed by atoms with E-state index in [1.54, 1.807) is 30.3 Å². The number of fused-ring (bicyclic) bond motifs is 4. The van der Waals surface area contributed by atoms with Crippen molar-refractivity contribution in [3.63, 3.8) is 0 Å². The van der Waals surface area contributed by atoms with Gasteiger partial charge in [0.05, 0.1) is 46.9 Å². The van der Waals surface area contributed by atoms with E-state index >= 15 is 0 Å². The number of benzene rings is 2. The molecule has 2 aromatic carbocycles. The second kappa shape index (κ2) is 9.57. The van der Waals surface area contributed by atoms with Gasteiger partial charge in [0.2, 0.25) is 15.9 Å². The zero-order valence-electron chi connectivity index (χ0n) is 22.0. The first-order valence-electron chi connectivity index (χ1n) is 12.6. The zero-order chi connectivity index (χ0) is 27.2. The number of likely N-dealkylation sites (N-methyl/N-ethyl adjacent to an activating group) is 1. The topological polar surface area (TPSA) is 116 Å². The monoisotopic (exact) mass is 533 g/mol. The number of nitrogens with one attached hydrogen (secondary N) is 1. The molecule has 2 aliphatic rings. The number of nitrogens with zero attached hydrogens (tertiary/aromatic N) is 4. The average Bonchev–Trinajstić information content (AvgIpc) is 3.08. The number of amides is 1. The molecular formula is C28H31N5O4S. The standard InChI is InChI=1S/C28H31N5O4S/c1-32(2)11-6-12-37-26-20(16-29)13-19(15-23(26)31-38(4,35)36)18-7-8-22-21(14-18)25-24(17-30-22)33(3)27(34)28(25)9-5-10-28/h7-8,13-15,17,31H,5-6,9-12H2,1-4H3. The predicted molar refractivity (Wildman–Crippen MR) is 148 cm³/mol. The number of rotatable bonds is 8. The molecule has 0 unspecified atom stereocenters. The molecule has 1 saturated carbocycles. The van der Waals surface area contributed by atoms with E-state index in [4.69, 9.17) is 4.74 Å². The molecule has 3 aromatic rings. The minimum Gasteiger partial charge on any atom is -0.490 e. The van der Waals surface area contributed by atoms with Gasteiger partial charge < -0.3 is 14.5 Å². The third-order valence-corrected chi connectivity index (χ3v) is 8.03. The maximum absolute atomic E-state index is 13.2. The van der Waals surface area contributed by atoms with Crippen molar-refractivity contribution in [2.24, 2.45) is 0 Å². The SMILES string of the molecule is CN(C)CCCOc1c(C#N)cc(-c2ccc3ncc4c(c3c2)C2(CCC2)C(=O)N4C)cc1NS(C)(=O)=O. The van der Waals surface area contributed by atoms with Crippen LogP contribution >= 0.6 is 0 Å². The number of nitriles is 1. The maximum atomic E-state index is 13.2. The fraction of sp³-hybridized carbons (Fsp3) is 0.393. The fourth-order valence-electron chi connectivity index (χ4n) is 5.52. The summed E-state index contributed by atoms with van der Waals surface area (Å²) < 4.78 is 32.8. The Morgan fingerprint density at radius 1 is 1.21 bits per heavy atom. The van der Waals surface area contributed by atoms with E-state index in [2.05, 4.69) is 15.8 Å². The van der Waals surface area contributed by atoms with Crippen LogP contribution in [0.15, 0.2) is 36.5 Å². The Bertz CT molecular complexity index is 1590. The second-order valence-electron chi connectivity index (χ2n) is 10.4. The van der Waals surface area contributed by atoms with Crippen LogP contribution in [-0.2, 0) is 20.2 Å². The molecule has 2 heterocycles. The molecule has 1 aliphatic heterocycles. The molecule has 9 nitrogen and oxygen atoms in total. The van der Waals surface area contributed by atoms with Crippen molar-refractivity contribution in [3.05, 3.63) is 47.7 Å². The highest BCUT2D eigenvalue weighted by Gasteiger charge is 2.54. The van der Waals surface area contributed by atoms with Gasteiger partial charge in [0.15, 0.2) is 5.75 Å². The molecule has 5 rings (SSSR count). The highest BCUT2D eigenvalue weighted by molar-refractivity contribution is 7.92. The van der Waals surface area contributed by atoms with Crippen LogP contribution in [0.5, 0.6) is 5.75 Å². The van der Waals surface area contributed by atoms with Crippen LogP contribution in [0.25, 0.3) is 22.0 Å². The number of hydrogen-bond donors (Lipinski definition) is 1. The van der Waals surface area contributed by atoms with E-state index in [9.17, 15) is 18.5 Å². The summed E-state index contributed by atoms with van der Waals surface area (Å²) in [6.07, 6.45) is 6.19. The Morgan fingerprint density at radius 3 is 2.61 bits per heavy atom. The van der Waals surface area contributed by atoms with Gasteiger partial charge >= 0.3 is 0 Å². The summed E-state index contributed by atoms with van der Waals surface area (Å²) in [6.45, 7) is 1.13. The van der Waals surface area contributed by atoms with Crippen molar-refractivity contribution >= 4 is 38.2 Å². The molecule has 0 atom stereocenters. The molecule has 0 radical (unpaired) electrons. The lowest BCUT2D eigenvalue weighted by molar-refractivity contribution is -0.125. The molecule has 1 N–H and O–H groups in total. The van der Waals surface area contributed by atoms with Crippen LogP contribution < -0.4 is 14.4 Å². The lowest BCUT2D eigenvalue weighted by Crippen LogP contribution is -2.43. The van der Waals surface area contributed by atoms with Gasteiger partial charge in [-0.25, -0.2) is 8.42 Å². The van der Waals surface area contributed by atoms with E-state index in [0.717, 1.165) is 66.2 Å². The van der Waals surface area contributed by atoms with Crippen LogP contribution in [0.2, 0.25) is 0 Å². The zero-order valence-corrected chi connectivity index (χ0v) is 22.9. The first-order chi connectivity index (χ1) is 18.0. The van der Waals surface area contributed by atoms with Gasteiger partial charge in [0.1, 0.15) is 6.07 Å². The molecule has 0 saturated heterocycles. The Balaban J connectivity index is 1.62. The Morgan fingerprint density at radius 2 is 1.97 bits per heavy atom. The van der Waals surface area contributed by atoms with Crippen molar-refractivity contribution in [1.29, 1.82) is 5.26 Å². The summed E-state index contributed by atoms with van der Waals surface area (Å²) in [5, 5.41) is 10.9. The van der Waals surface area contributed by atoms with Gasteiger partial charge in [-0.15, -0.1) is 0 Å². The maximum Gasteiger partial charge on any atom is 0.237 e. The lowest BCUT2D eigenvalue weighted by atomic mass is 9.64. The summed E-state index contributed by atoms with van der Waals surface area (Å²) in [4.78, 5) is 21.5. The molecule has 1 spiro atoms. The number of ether oxygens (including phenoxy) is 1. The van der Waals surface area contributed by atoms with Crippen LogP contribution in [0, 0.1) is 11.3 Å². The summed E-state index contributed by atoms with van der Waals surface area (Å²) in [7, 11) is 2.08. The fourth-order valence-corrected chi connectivity index (χ4v) is 6.07. The van der Waals surface area contributed by atoms with Crippen LogP contribution in [0.1, 0.15) is 36.8 Å². The smallest absolute Gasteiger partial charge is 0.237 e. The minimum atomic E-state index is -3.63. The van der Waals surface area contributed by atoms with Crippen LogP contribution in [0.4, 0.5) is 11.4 Å². The summed E-state index contributed by atoms with van der Waals surface area (Å²) >= 11 is 0. The summed E-state index contributed by atoms with van der Waals surface area (Å²) in [5.74, 6) is 0.324. The van der Waals surface area contributed by atoms with Crippen molar-refractivity contribution < 1.29 is 17.9 Å². The van der Waals surface area contributed by atoms with E-state index < -0.39 is 15.4 Å². The Labute approximate surface area is 223 Å². The third kappa shape index (κ3) is 4.46. The second-order valence-corrected chi connectivity index (χ2v) is 12.2. The Hall–Kier alpha value is -3.68. The van der Waals surface area contributed by atoms with Gasteiger partial charge in [-0.3, -0.25) is 14.5 Å². The van der Waals surface area contributed by atoms with Gasteiger partial charge in [-0.05, 0) is 68.8 Å². The van der Waals surface area contributed by atoms with Gasteiger partial charge in [-0.1, -0.05) is 12.5 Å². The first-order valence-corrected chi connectivity index (χ1v) is 14.5. The molecule has 0 bridgehead atoms. The molecule has 198 valence electrons. The van der Waals surface area contributed by atoms with Crippen LogP contribution in [0.3, 0.4) is 0 Å². The number of carbonyl (C=O) groups is 1. The molecule has 38 heavy (non-hydrogen) atoms. The summed E-state index contributed by atoms with van der Waals surface area (Å²) in [5.41, 5.74) is 4.03. The first kappa shape index (κ1) is 25.9. The van der Waals surface area contributed by atoms with Crippen molar-refractivity contribution in [3.8, 4) is 22.9 Å². The molecule has 1 aromatic heterocycles. The highest BCUT2D eigenvalue weighted by Crippen LogP contribution is 2.55. The molecule has 10 heteroatoms. The Kier molecular flexibility index (Phi) is 6.53. The average molecular weight is 534 g/mol. The summed E-state index contributed by atoms with van der Waals surface area (Å²) in [6, 6.07) is 11.4. The number of hydrogen-bond acceptors (Lipinski definition) is 7.